The van der Waals surface area contributed by atoms with Crippen molar-refractivity contribution in [1.82, 2.24) is 15.3 Å². The number of hydrogen-bond donors (Lipinski definition) is 1. The van der Waals surface area contributed by atoms with Gasteiger partial charge in [0, 0.05) is 10.9 Å². The maximum Gasteiger partial charge on any atom is 0.0802 e. The zero-order chi connectivity index (χ0) is 14.7. The summed E-state index contributed by atoms with van der Waals surface area (Å²) < 4.78 is 1.33. The summed E-state index contributed by atoms with van der Waals surface area (Å²) in [7, 11) is 0. The van der Waals surface area contributed by atoms with Crippen molar-refractivity contribution in [2.75, 3.05) is 6.54 Å². The summed E-state index contributed by atoms with van der Waals surface area (Å²) in [5.41, 5.74) is 3.21. The molecule has 2 heterocycles. The van der Waals surface area contributed by atoms with Crippen LogP contribution in [-0.4, -0.2) is 16.5 Å². The number of nitrogens with zero attached hydrogens (tertiary/aromatic N) is 2. The quantitative estimate of drug-likeness (QED) is 0.771. The summed E-state index contributed by atoms with van der Waals surface area (Å²) in [6.45, 7) is 5.10. The third kappa shape index (κ3) is 2.96. The van der Waals surface area contributed by atoms with Gasteiger partial charge in [-0.2, -0.15) is 0 Å². The Bertz CT molecular complexity index is 718. The molecule has 0 fully saturated rings. The molecular weight excluding hydrogens is 278 g/mol. The molecule has 0 bridgehead atoms. The number of aryl methyl sites for hydroxylation is 1. The molecule has 3 rings (SSSR count). The van der Waals surface area contributed by atoms with Crippen LogP contribution in [0.3, 0.4) is 0 Å². The Balaban J connectivity index is 2.06. The van der Waals surface area contributed by atoms with Crippen LogP contribution in [-0.2, 0) is 0 Å². The lowest BCUT2D eigenvalue weighted by molar-refractivity contribution is 0.587. The molecule has 0 aliphatic carbocycles. The summed E-state index contributed by atoms with van der Waals surface area (Å²) in [4.78, 5) is 8.98. The van der Waals surface area contributed by atoms with E-state index in [1.54, 1.807) is 11.3 Å². The number of hydrogen-bond acceptors (Lipinski definition) is 4. The monoisotopic (exact) mass is 297 g/mol. The van der Waals surface area contributed by atoms with Gasteiger partial charge in [-0.1, -0.05) is 25.1 Å². The third-order valence-corrected chi connectivity index (χ3v) is 4.49. The van der Waals surface area contributed by atoms with Crippen LogP contribution in [0.15, 0.2) is 42.0 Å². The van der Waals surface area contributed by atoms with E-state index in [1.807, 2.05) is 19.3 Å². The van der Waals surface area contributed by atoms with Crippen molar-refractivity contribution in [2.45, 2.75) is 26.3 Å². The number of thiophene rings is 1. The maximum absolute atomic E-state index is 4.58. The average Bonchev–Trinajstić information content (AvgIpc) is 2.98. The van der Waals surface area contributed by atoms with Crippen LogP contribution in [0.4, 0.5) is 0 Å². The maximum atomic E-state index is 4.58. The number of benzene rings is 1. The van der Waals surface area contributed by atoms with Crippen LogP contribution in [0, 0.1) is 6.92 Å². The molecule has 3 nitrogen and oxygen atoms in total. The van der Waals surface area contributed by atoms with Gasteiger partial charge in [0.05, 0.1) is 23.6 Å². The Kier molecular flexibility index (Phi) is 4.27. The van der Waals surface area contributed by atoms with Gasteiger partial charge in [-0.25, -0.2) is 0 Å². The van der Waals surface area contributed by atoms with Crippen LogP contribution >= 0.6 is 11.3 Å². The lowest BCUT2D eigenvalue weighted by atomic mass is 10.0. The van der Waals surface area contributed by atoms with Gasteiger partial charge in [0.2, 0.25) is 0 Å². The Hall–Kier alpha value is -1.78. The molecule has 0 radical (unpaired) electrons. The van der Waals surface area contributed by atoms with Gasteiger partial charge in [-0.05, 0) is 42.3 Å². The summed E-state index contributed by atoms with van der Waals surface area (Å²) in [5, 5.41) is 7.04. The van der Waals surface area contributed by atoms with E-state index >= 15 is 0 Å². The standard InChI is InChI=1S/C17H19N3S/c1-3-8-18-16(15-11-19-12(2)10-20-15)14-6-4-5-13-7-9-21-17(13)14/h4-7,9-11,16,18H,3,8H2,1-2H3. The van der Waals surface area contributed by atoms with E-state index in [1.165, 1.54) is 15.6 Å². The molecule has 108 valence electrons. The second-order valence-corrected chi connectivity index (χ2v) is 6.07. The predicted molar refractivity (Wildman–Crippen MR) is 88.7 cm³/mol. The van der Waals surface area contributed by atoms with Crippen molar-refractivity contribution >= 4 is 21.4 Å². The molecule has 1 atom stereocenters. The number of nitrogens with one attached hydrogen (secondary N) is 1. The molecule has 0 aliphatic rings. The fourth-order valence-electron chi connectivity index (χ4n) is 2.46. The van der Waals surface area contributed by atoms with Crippen molar-refractivity contribution in [3.8, 4) is 0 Å². The molecule has 1 N–H and O–H groups in total. The van der Waals surface area contributed by atoms with Gasteiger partial charge in [0.15, 0.2) is 0 Å². The van der Waals surface area contributed by atoms with Gasteiger partial charge in [0.25, 0.3) is 0 Å². The summed E-state index contributed by atoms with van der Waals surface area (Å²) in [5.74, 6) is 0. The highest BCUT2D eigenvalue weighted by Crippen LogP contribution is 2.31. The predicted octanol–water partition coefficient (Wildman–Crippen LogP) is 4.09. The topological polar surface area (TPSA) is 37.8 Å². The Labute approximate surface area is 129 Å². The molecule has 2 aromatic heterocycles. The van der Waals surface area contributed by atoms with E-state index in [2.05, 4.69) is 51.9 Å². The van der Waals surface area contributed by atoms with Gasteiger partial charge in [-0.15, -0.1) is 11.3 Å². The van der Waals surface area contributed by atoms with Crippen LogP contribution in [0.2, 0.25) is 0 Å². The molecule has 0 saturated heterocycles. The Morgan fingerprint density at radius 3 is 2.86 bits per heavy atom. The highest BCUT2D eigenvalue weighted by Gasteiger charge is 2.18. The lowest BCUT2D eigenvalue weighted by Gasteiger charge is -2.19. The Morgan fingerprint density at radius 1 is 1.19 bits per heavy atom. The summed E-state index contributed by atoms with van der Waals surface area (Å²) in [6.07, 6.45) is 4.82. The second-order valence-electron chi connectivity index (χ2n) is 5.16. The zero-order valence-corrected chi connectivity index (χ0v) is 13.2. The fourth-order valence-corrected chi connectivity index (χ4v) is 3.40. The average molecular weight is 297 g/mol. The van der Waals surface area contributed by atoms with E-state index < -0.39 is 0 Å². The third-order valence-electron chi connectivity index (χ3n) is 3.52. The molecule has 3 aromatic rings. The number of aromatic nitrogens is 2. The number of fused-ring (bicyclic) bond motifs is 1. The van der Waals surface area contributed by atoms with E-state index in [0.29, 0.717) is 0 Å². The van der Waals surface area contributed by atoms with E-state index in [0.717, 1.165) is 24.4 Å². The van der Waals surface area contributed by atoms with Crippen molar-refractivity contribution in [1.29, 1.82) is 0 Å². The Morgan fingerprint density at radius 2 is 2.10 bits per heavy atom. The molecule has 1 unspecified atom stereocenters. The fraction of sp³-hybridized carbons (Fsp3) is 0.294. The highest BCUT2D eigenvalue weighted by atomic mass is 32.1. The first kappa shape index (κ1) is 14.2. The largest absolute Gasteiger partial charge is 0.305 e. The minimum Gasteiger partial charge on any atom is -0.305 e. The van der Waals surface area contributed by atoms with E-state index in [4.69, 9.17) is 0 Å². The van der Waals surface area contributed by atoms with Crippen molar-refractivity contribution in [3.63, 3.8) is 0 Å². The number of rotatable bonds is 5. The minimum absolute atomic E-state index is 0.0976. The van der Waals surface area contributed by atoms with Gasteiger partial charge >= 0.3 is 0 Å². The first-order chi connectivity index (χ1) is 10.3. The lowest BCUT2D eigenvalue weighted by Crippen LogP contribution is -2.24. The molecule has 0 spiro atoms. The highest BCUT2D eigenvalue weighted by molar-refractivity contribution is 7.17. The summed E-state index contributed by atoms with van der Waals surface area (Å²) in [6, 6.07) is 8.73. The van der Waals surface area contributed by atoms with E-state index in [-0.39, 0.29) is 6.04 Å². The van der Waals surface area contributed by atoms with Crippen LogP contribution < -0.4 is 5.32 Å². The van der Waals surface area contributed by atoms with Crippen molar-refractivity contribution in [2.24, 2.45) is 0 Å². The van der Waals surface area contributed by atoms with Crippen LogP contribution in [0.25, 0.3) is 10.1 Å². The smallest absolute Gasteiger partial charge is 0.0802 e. The SMILES string of the molecule is CCCNC(c1cnc(C)cn1)c1cccc2ccsc12. The zero-order valence-electron chi connectivity index (χ0n) is 12.3. The normalized spacial score (nSPS) is 12.7. The van der Waals surface area contributed by atoms with Crippen molar-refractivity contribution < 1.29 is 0 Å². The first-order valence-corrected chi connectivity index (χ1v) is 8.15. The molecule has 0 aliphatic heterocycles. The van der Waals surface area contributed by atoms with Gasteiger partial charge in [0.1, 0.15) is 0 Å². The second kappa shape index (κ2) is 6.33. The first-order valence-electron chi connectivity index (χ1n) is 7.27. The van der Waals surface area contributed by atoms with Crippen LogP contribution in [0.5, 0.6) is 0 Å². The van der Waals surface area contributed by atoms with Crippen LogP contribution in [0.1, 0.15) is 36.3 Å². The summed E-state index contributed by atoms with van der Waals surface area (Å²) >= 11 is 1.79. The molecule has 0 saturated carbocycles. The van der Waals surface area contributed by atoms with Gasteiger partial charge < -0.3 is 5.32 Å². The van der Waals surface area contributed by atoms with E-state index in [9.17, 15) is 0 Å². The molecule has 4 heteroatoms. The molecule has 0 amide bonds. The van der Waals surface area contributed by atoms with Gasteiger partial charge in [-0.3, -0.25) is 9.97 Å². The van der Waals surface area contributed by atoms with Crippen molar-refractivity contribution in [3.05, 3.63) is 59.0 Å². The minimum atomic E-state index is 0.0976. The molecule has 1 aromatic carbocycles. The molecular formula is C17H19N3S. The molecule has 21 heavy (non-hydrogen) atoms.